The molecular formula is C11H14F2O. The zero-order valence-corrected chi connectivity index (χ0v) is 8.35. The third-order valence-electron chi connectivity index (χ3n) is 2.35. The molecule has 1 nitrogen and oxygen atoms in total. The molecule has 14 heavy (non-hydrogen) atoms. The van der Waals surface area contributed by atoms with Gasteiger partial charge in [0.25, 0.3) is 0 Å². The Kier molecular flexibility index (Phi) is 3.58. The van der Waals surface area contributed by atoms with E-state index in [1.54, 1.807) is 6.92 Å². The number of halogens is 2. The van der Waals surface area contributed by atoms with E-state index in [0.717, 1.165) is 0 Å². The molecule has 78 valence electrons. The standard InChI is InChI=1S/C11H14F2O/c1-3-8-4-5-9(12)10(11(8)13)7(2)6-14/h4-5,7,14H,3,6H2,1-2H3. The van der Waals surface area contributed by atoms with Crippen LogP contribution < -0.4 is 0 Å². The van der Waals surface area contributed by atoms with Gasteiger partial charge in [-0.25, -0.2) is 8.78 Å². The molecule has 0 amide bonds. The molecule has 1 rings (SSSR count). The van der Waals surface area contributed by atoms with Crippen LogP contribution >= 0.6 is 0 Å². The molecule has 0 heterocycles. The summed E-state index contributed by atoms with van der Waals surface area (Å²) < 4.78 is 26.9. The molecule has 3 heteroatoms. The van der Waals surface area contributed by atoms with Crippen LogP contribution in [0.5, 0.6) is 0 Å². The maximum Gasteiger partial charge on any atom is 0.132 e. The summed E-state index contributed by atoms with van der Waals surface area (Å²) >= 11 is 0. The molecule has 1 atom stereocenters. The molecule has 1 aromatic carbocycles. The van der Waals surface area contributed by atoms with Crippen LogP contribution in [-0.4, -0.2) is 11.7 Å². The molecule has 0 aliphatic rings. The van der Waals surface area contributed by atoms with Gasteiger partial charge in [-0.3, -0.25) is 0 Å². The van der Waals surface area contributed by atoms with Crippen molar-refractivity contribution in [2.75, 3.05) is 6.61 Å². The summed E-state index contributed by atoms with van der Waals surface area (Å²) in [5.74, 6) is -1.60. The van der Waals surface area contributed by atoms with Crippen molar-refractivity contribution in [2.24, 2.45) is 0 Å². The Morgan fingerprint density at radius 3 is 2.50 bits per heavy atom. The van der Waals surface area contributed by atoms with E-state index in [1.165, 1.54) is 12.1 Å². The molecule has 1 unspecified atom stereocenters. The molecule has 0 radical (unpaired) electrons. The lowest BCUT2D eigenvalue weighted by atomic mass is 9.97. The van der Waals surface area contributed by atoms with Crippen molar-refractivity contribution in [3.05, 3.63) is 34.9 Å². The highest BCUT2D eigenvalue weighted by molar-refractivity contribution is 5.30. The molecule has 1 N–H and O–H groups in total. The highest BCUT2D eigenvalue weighted by Crippen LogP contribution is 2.24. The first-order valence-electron chi connectivity index (χ1n) is 4.69. The smallest absolute Gasteiger partial charge is 0.132 e. The van der Waals surface area contributed by atoms with Crippen LogP contribution in [0.15, 0.2) is 12.1 Å². The van der Waals surface area contributed by atoms with E-state index in [4.69, 9.17) is 5.11 Å². The van der Waals surface area contributed by atoms with Gasteiger partial charge in [0, 0.05) is 18.1 Å². The van der Waals surface area contributed by atoms with E-state index in [1.807, 2.05) is 6.92 Å². The van der Waals surface area contributed by atoms with Crippen LogP contribution in [0.3, 0.4) is 0 Å². The zero-order chi connectivity index (χ0) is 10.7. The molecule has 0 aromatic heterocycles. The molecule has 0 saturated heterocycles. The van der Waals surface area contributed by atoms with Gasteiger partial charge in [-0.1, -0.05) is 19.9 Å². The Balaban J connectivity index is 3.25. The van der Waals surface area contributed by atoms with E-state index in [-0.39, 0.29) is 12.2 Å². The van der Waals surface area contributed by atoms with Crippen molar-refractivity contribution in [1.29, 1.82) is 0 Å². The molecule has 1 aromatic rings. The molecule has 0 bridgehead atoms. The number of aryl methyl sites for hydroxylation is 1. The van der Waals surface area contributed by atoms with Gasteiger partial charge in [0.05, 0.1) is 0 Å². The van der Waals surface area contributed by atoms with Gasteiger partial charge in [-0.15, -0.1) is 0 Å². The van der Waals surface area contributed by atoms with E-state index in [0.29, 0.717) is 12.0 Å². The Morgan fingerprint density at radius 2 is 2.00 bits per heavy atom. The number of rotatable bonds is 3. The summed E-state index contributed by atoms with van der Waals surface area (Å²) in [6, 6.07) is 2.70. The summed E-state index contributed by atoms with van der Waals surface area (Å²) in [6.07, 6.45) is 0.525. The van der Waals surface area contributed by atoms with Gasteiger partial charge < -0.3 is 5.11 Å². The summed E-state index contributed by atoms with van der Waals surface area (Å²) in [4.78, 5) is 0. The van der Waals surface area contributed by atoms with Crippen molar-refractivity contribution >= 4 is 0 Å². The molecule has 0 spiro atoms. The van der Waals surface area contributed by atoms with Gasteiger partial charge in [-0.2, -0.15) is 0 Å². The van der Waals surface area contributed by atoms with E-state index < -0.39 is 17.6 Å². The van der Waals surface area contributed by atoms with Gasteiger partial charge in [0.2, 0.25) is 0 Å². The molecule has 0 aliphatic carbocycles. The van der Waals surface area contributed by atoms with Crippen molar-refractivity contribution in [3.63, 3.8) is 0 Å². The molecule has 0 fully saturated rings. The summed E-state index contributed by atoms with van der Waals surface area (Å²) in [5, 5.41) is 8.87. The fourth-order valence-electron chi connectivity index (χ4n) is 1.43. The SMILES string of the molecule is CCc1ccc(F)c(C(C)CO)c1F. The predicted molar refractivity (Wildman–Crippen MR) is 51.2 cm³/mol. The first-order chi connectivity index (χ1) is 6.61. The predicted octanol–water partition coefficient (Wildman–Crippen LogP) is 2.62. The third kappa shape index (κ3) is 1.93. The van der Waals surface area contributed by atoms with Crippen LogP contribution in [0, 0.1) is 11.6 Å². The van der Waals surface area contributed by atoms with Gasteiger partial charge in [0.15, 0.2) is 0 Å². The lowest BCUT2D eigenvalue weighted by Gasteiger charge is -2.13. The summed E-state index contributed by atoms with van der Waals surface area (Å²) in [5.41, 5.74) is 0.480. The second kappa shape index (κ2) is 4.51. The van der Waals surface area contributed by atoms with Crippen LogP contribution in [0.25, 0.3) is 0 Å². The molecular weight excluding hydrogens is 186 g/mol. The Bertz CT molecular complexity index is 323. The minimum atomic E-state index is -0.582. The fourth-order valence-corrected chi connectivity index (χ4v) is 1.43. The van der Waals surface area contributed by atoms with Crippen LogP contribution in [-0.2, 0) is 6.42 Å². The van der Waals surface area contributed by atoms with Crippen LogP contribution in [0.4, 0.5) is 8.78 Å². The normalized spacial score (nSPS) is 12.9. The maximum atomic E-state index is 13.6. The van der Waals surface area contributed by atoms with Crippen LogP contribution in [0.2, 0.25) is 0 Å². The number of aliphatic hydroxyl groups is 1. The largest absolute Gasteiger partial charge is 0.396 e. The average molecular weight is 200 g/mol. The Labute approximate surface area is 82.4 Å². The number of hydrogen-bond acceptors (Lipinski definition) is 1. The third-order valence-corrected chi connectivity index (χ3v) is 2.35. The lowest BCUT2D eigenvalue weighted by molar-refractivity contribution is 0.267. The summed E-state index contributed by atoms with van der Waals surface area (Å²) in [7, 11) is 0. The average Bonchev–Trinajstić information content (AvgIpc) is 2.18. The van der Waals surface area contributed by atoms with E-state index >= 15 is 0 Å². The number of aliphatic hydroxyl groups excluding tert-OH is 1. The molecule has 0 saturated carbocycles. The number of benzene rings is 1. The monoisotopic (exact) mass is 200 g/mol. The minimum absolute atomic E-state index is 0.00755. The quantitative estimate of drug-likeness (QED) is 0.795. The first-order valence-corrected chi connectivity index (χ1v) is 4.69. The maximum absolute atomic E-state index is 13.6. The molecule has 0 aliphatic heterocycles. The summed E-state index contributed by atoms with van der Waals surface area (Å²) in [6.45, 7) is 3.16. The van der Waals surface area contributed by atoms with E-state index in [2.05, 4.69) is 0 Å². The van der Waals surface area contributed by atoms with Gasteiger partial charge in [-0.05, 0) is 18.1 Å². The van der Waals surface area contributed by atoms with E-state index in [9.17, 15) is 8.78 Å². The second-order valence-corrected chi connectivity index (χ2v) is 3.37. The lowest BCUT2D eigenvalue weighted by Crippen LogP contribution is -2.07. The van der Waals surface area contributed by atoms with Crippen LogP contribution in [0.1, 0.15) is 30.9 Å². The Morgan fingerprint density at radius 1 is 1.36 bits per heavy atom. The fraction of sp³-hybridized carbons (Fsp3) is 0.455. The van der Waals surface area contributed by atoms with Gasteiger partial charge in [0.1, 0.15) is 11.6 Å². The Hall–Kier alpha value is -0.960. The zero-order valence-electron chi connectivity index (χ0n) is 8.35. The minimum Gasteiger partial charge on any atom is -0.396 e. The van der Waals surface area contributed by atoms with Crippen molar-refractivity contribution < 1.29 is 13.9 Å². The highest BCUT2D eigenvalue weighted by Gasteiger charge is 2.17. The number of hydrogen-bond donors (Lipinski definition) is 1. The van der Waals surface area contributed by atoms with Crippen molar-refractivity contribution in [1.82, 2.24) is 0 Å². The van der Waals surface area contributed by atoms with Crippen molar-refractivity contribution in [3.8, 4) is 0 Å². The highest BCUT2D eigenvalue weighted by atomic mass is 19.1. The topological polar surface area (TPSA) is 20.2 Å². The first kappa shape index (κ1) is 11.1. The van der Waals surface area contributed by atoms with Crippen molar-refractivity contribution in [2.45, 2.75) is 26.2 Å². The second-order valence-electron chi connectivity index (χ2n) is 3.37. The van der Waals surface area contributed by atoms with Gasteiger partial charge >= 0.3 is 0 Å².